The lowest BCUT2D eigenvalue weighted by atomic mass is 10.00. The molecule has 5 nitrogen and oxygen atoms in total. The quantitative estimate of drug-likeness (QED) is 0.268. The van der Waals surface area contributed by atoms with E-state index >= 15 is 0 Å². The van der Waals surface area contributed by atoms with Crippen LogP contribution in [0.1, 0.15) is 31.2 Å². The fourth-order valence-electron chi connectivity index (χ4n) is 3.65. The zero-order valence-corrected chi connectivity index (χ0v) is 19.3. The molecule has 0 spiro atoms. The molecular weight excluding hydrogens is 465 g/mol. The zero-order chi connectivity index (χ0) is 18.7. The third-order valence-corrected chi connectivity index (χ3v) is 5.31. The highest BCUT2D eigenvalue weighted by molar-refractivity contribution is 14.0. The molecule has 6 heteroatoms. The number of rotatable bonds is 7. The van der Waals surface area contributed by atoms with Crippen LogP contribution in [-0.2, 0) is 9.47 Å². The van der Waals surface area contributed by atoms with Crippen LogP contribution in [0.3, 0.4) is 0 Å². The van der Waals surface area contributed by atoms with E-state index in [0.29, 0.717) is 5.92 Å². The standard InChI is InChI=1S/C22H33N3O2.HI/c1-23-22(24-12-5-15-27-18-19-10-16-26-17-11-19)25-13-8-21(9-14-25)20-6-3-2-4-7-20;/h2-4,6-8,19H,5,9-18H2,1H3,(H,23,24);1H. The Hall–Kier alpha value is -1.12. The van der Waals surface area contributed by atoms with E-state index in [4.69, 9.17) is 9.47 Å². The predicted octanol–water partition coefficient (Wildman–Crippen LogP) is 3.80. The molecule has 2 aliphatic rings. The molecule has 0 radical (unpaired) electrons. The number of nitrogens with one attached hydrogen (secondary N) is 1. The Morgan fingerprint density at radius 1 is 1.25 bits per heavy atom. The largest absolute Gasteiger partial charge is 0.381 e. The first kappa shape index (κ1) is 23.2. The normalized spacial score (nSPS) is 18.4. The van der Waals surface area contributed by atoms with E-state index in [1.165, 1.54) is 11.1 Å². The highest BCUT2D eigenvalue weighted by atomic mass is 127. The van der Waals surface area contributed by atoms with Gasteiger partial charge in [-0.2, -0.15) is 0 Å². The SMILES string of the molecule is CN=C(NCCCOCC1CCOCC1)N1CC=C(c2ccccc2)CC1.I. The van der Waals surface area contributed by atoms with Gasteiger partial charge < -0.3 is 19.7 Å². The van der Waals surface area contributed by atoms with Crippen molar-refractivity contribution >= 4 is 35.5 Å². The molecule has 1 aromatic rings. The smallest absolute Gasteiger partial charge is 0.193 e. The molecule has 0 atom stereocenters. The molecular formula is C22H34IN3O2. The van der Waals surface area contributed by atoms with Gasteiger partial charge in [0, 0.05) is 53.1 Å². The number of ether oxygens (including phenoxy) is 2. The molecule has 0 aliphatic carbocycles. The van der Waals surface area contributed by atoms with Gasteiger partial charge in [0.1, 0.15) is 0 Å². The summed E-state index contributed by atoms with van der Waals surface area (Å²) in [4.78, 5) is 6.76. The monoisotopic (exact) mass is 499 g/mol. The highest BCUT2D eigenvalue weighted by Gasteiger charge is 2.16. The third-order valence-electron chi connectivity index (χ3n) is 5.31. The first-order valence-electron chi connectivity index (χ1n) is 10.2. The summed E-state index contributed by atoms with van der Waals surface area (Å²) in [6.45, 7) is 6.26. The molecule has 1 saturated heterocycles. The Labute approximate surface area is 186 Å². The van der Waals surface area contributed by atoms with Crippen LogP contribution in [0.15, 0.2) is 41.4 Å². The van der Waals surface area contributed by atoms with E-state index in [2.05, 4.69) is 51.6 Å². The first-order chi connectivity index (χ1) is 13.4. The fourth-order valence-corrected chi connectivity index (χ4v) is 3.65. The number of benzene rings is 1. The van der Waals surface area contributed by atoms with Gasteiger partial charge in [-0.1, -0.05) is 36.4 Å². The zero-order valence-electron chi connectivity index (χ0n) is 16.9. The average molecular weight is 499 g/mol. The fraction of sp³-hybridized carbons (Fsp3) is 0.591. The topological polar surface area (TPSA) is 46.1 Å². The number of hydrogen-bond donors (Lipinski definition) is 1. The van der Waals surface area contributed by atoms with Crippen molar-refractivity contribution in [1.29, 1.82) is 0 Å². The van der Waals surface area contributed by atoms with Crippen molar-refractivity contribution in [2.75, 3.05) is 53.1 Å². The summed E-state index contributed by atoms with van der Waals surface area (Å²) in [5, 5.41) is 3.48. The minimum atomic E-state index is 0. The Morgan fingerprint density at radius 2 is 2.04 bits per heavy atom. The van der Waals surface area contributed by atoms with Gasteiger partial charge in [-0.15, -0.1) is 24.0 Å². The van der Waals surface area contributed by atoms with Gasteiger partial charge in [-0.3, -0.25) is 4.99 Å². The van der Waals surface area contributed by atoms with E-state index in [0.717, 1.165) is 77.7 Å². The van der Waals surface area contributed by atoms with E-state index in [1.807, 2.05) is 7.05 Å². The molecule has 0 aromatic heterocycles. The van der Waals surface area contributed by atoms with Crippen molar-refractivity contribution in [3.63, 3.8) is 0 Å². The maximum atomic E-state index is 5.84. The molecule has 28 heavy (non-hydrogen) atoms. The summed E-state index contributed by atoms with van der Waals surface area (Å²) in [7, 11) is 1.86. The summed E-state index contributed by atoms with van der Waals surface area (Å²) in [5.74, 6) is 1.67. The van der Waals surface area contributed by atoms with Crippen molar-refractivity contribution < 1.29 is 9.47 Å². The molecule has 1 aromatic carbocycles. The highest BCUT2D eigenvalue weighted by Crippen LogP contribution is 2.22. The second-order valence-electron chi connectivity index (χ2n) is 7.25. The lowest BCUT2D eigenvalue weighted by Crippen LogP contribution is -2.43. The van der Waals surface area contributed by atoms with Crippen LogP contribution in [0.25, 0.3) is 5.57 Å². The number of aliphatic imine (C=N–C) groups is 1. The molecule has 2 aliphatic heterocycles. The molecule has 0 saturated carbocycles. The van der Waals surface area contributed by atoms with Gasteiger partial charge in [-0.25, -0.2) is 0 Å². The van der Waals surface area contributed by atoms with Gasteiger partial charge in [0.2, 0.25) is 0 Å². The lowest BCUT2D eigenvalue weighted by Gasteiger charge is -2.29. The van der Waals surface area contributed by atoms with Crippen LogP contribution < -0.4 is 5.32 Å². The Balaban J connectivity index is 0.00000280. The number of nitrogens with zero attached hydrogens (tertiary/aromatic N) is 2. The van der Waals surface area contributed by atoms with Gasteiger partial charge in [0.25, 0.3) is 0 Å². The summed E-state index contributed by atoms with van der Waals surface area (Å²) < 4.78 is 11.2. The molecule has 1 fully saturated rings. The number of guanidine groups is 1. The van der Waals surface area contributed by atoms with E-state index < -0.39 is 0 Å². The van der Waals surface area contributed by atoms with Gasteiger partial charge >= 0.3 is 0 Å². The Bertz CT molecular complexity index is 615. The van der Waals surface area contributed by atoms with Crippen LogP contribution >= 0.6 is 24.0 Å². The van der Waals surface area contributed by atoms with Crippen molar-refractivity contribution in [3.05, 3.63) is 42.0 Å². The Morgan fingerprint density at radius 3 is 2.71 bits per heavy atom. The molecule has 1 N–H and O–H groups in total. The summed E-state index contributed by atoms with van der Waals surface area (Å²) >= 11 is 0. The van der Waals surface area contributed by atoms with Crippen LogP contribution in [0.2, 0.25) is 0 Å². The van der Waals surface area contributed by atoms with Gasteiger partial charge in [-0.05, 0) is 42.7 Å². The average Bonchev–Trinajstić information content (AvgIpc) is 2.75. The number of halogens is 1. The van der Waals surface area contributed by atoms with Gasteiger partial charge in [0.05, 0.1) is 0 Å². The molecule has 3 rings (SSSR count). The van der Waals surface area contributed by atoms with Crippen LogP contribution in [0, 0.1) is 5.92 Å². The van der Waals surface area contributed by atoms with Crippen LogP contribution in [-0.4, -0.2) is 64.0 Å². The van der Waals surface area contributed by atoms with E-state index in [9.17, 15) is 0 Å². The first-order valence-corrected chi connectivity index (χ1v) is 10.2. The summed E-state index contributed by atoms with van der Waals surface area (Å²) in [6, 6.07) is 10.7. The second kappa shape index (κ2) is 13.2. The number of hydrogen-bond acceptors (Lipinski definition) is 3. The van der Waals surface area contributed by atoms with Crippen molar-refractivity contribution in [3.8, 4) is 0 Å². The Kier molecular flexibility index (Phi) is 10.9. The molecule has 0 bridgehead atoms. The van der Waals surface area contributed by atoms with E-state index in [1.54, 1.807) is 0 Å². The van der Waals surface area contributed by atoms with Crippen LogP contribution in [0.5, 0.6) is 0 Å². The minimum Gasteiger partial charge on any atom is -0.381 e. The molecule has 0 amide bonds. The minimum absolute atomic E-state index is 0. The summed E-state index contributed by atoms with van der Waals surface area (Å²) in [6.07, 6.45) is 6.65. The molecule has 156 valence electrons. The molecule has 2 heterocycles. The van der Waals surface area contributed by atoms with Crippen LogP contribution in [0.4, 0.5) is 0 Å². The maximum Gasteiger partial charge on any atom is 0.193 e. The summed E-state index contributed by atoms with van der Waals surface area (Å²) in [5.41, 5.74) is 2.77. The lowest BCUT2D eigenvalue weighted by molar-refractivity contribution is 0.0203. The van der Waals surface area contributed by atoms with Crippen molar-refractivity contribution in [2.24, 2.45) is 10.9 Å². The maximum absolute atomic E-state index is 5.84. The molecule has 0 unspecified atom stereocenters. The second-order valence-corrected chi connectivity index (χ2v) is 7.25. The van der Waals surface area contributed by atoms with Gasteiger partial charge in [0.15, 0.2) is 5.96 Å². The van der Waals surface area contributed by atoms with Crippen molar-refractivity contribution in [1.82, 2.24) is 10.2 Å². The predicted molar refractivity (Wildman–Crippen MR) is 126 cm³/mol. The van der Waals surface area contributed by atoms with E-state index in [-0.39, 0.29) is 24.0 Å². The van der Waals surface area contributed by atoms with Crippen molar-refractivity contribution in [2.45, 2.75) is 25.7 Å². The third kappa shape index (κ3) is 7.37.